The first-order valence-electron chi connectivity index (χ1n) is 11.2. The van der Waals surface area contributed by atoms with Gasteiger partial charge >= 0.3 is 0 Å². The molecule has 0 bridgehead atoms. The maximum Gasteiger partial charge on any atom is 0.254 e. The van der Waals surface area contributed by atoms with Crippen molar-refractivity contribution in [2.75, 3.05) is 45.9 Å². The van der Waals surface area contributed by atoms with Crippen molar-refractivity contribution in [3.05, 3.63) is 65.0 Å². The van der Waals surface area contributed by atoms with Gasteiger partial charge in [-0.2, -0.15) is 4.31 Å². The molecule has 2 aromatic carbocycles. The molecule has 0 radical (unpaired) electrons. The Labute approximate surface area is 195 Å². The number of nitrogens with zero attached hydrogens (tertiary/aromatic N) is 2. The fraction of sp³-hybridized carbons (Fsp3) is 0.458. The van der Waals surface area contributed by atoms with Gasteiger partial charge in [-0.15, -0.1) is 0 Å². The normalized spacial score (nSPS) is 16.0. The van der Waals surface area contributed by atoms with E-state index in [2.05, 4.69) is 10.2 Å². The summed E-state index contributed by atoms with van der Waals surface area (Å²) in [7, 11) is -3.80. The molecule has 0 saturated carbocycles. The van der Waals surface area contributed by atoms with Gasteiger partial charge in [0, 0.05) is 32.7 Å². The predicted molar refractivity (Wildman–Crippen MR) is 125 cm³/mol. The molecule has 0 aromatic heterocycles. The molecule has 1 amide bonds. The molecule has 1 saturated heterocycles. The highest BCUT2D eigenvalue weighted by Crippen LogP contribution is 2.23. The maximum absolute atomic E-state index is 14.5. The van der Waals surface area contributed by atoms with Crippen molar-refractivity contribution in [2.45, 2.75) is 31.7 Å². The zero-order valence-corrected chi connectivity index (χ0v) is 20.2. The van der Waals surface area contributed by atoms with Crippen LogP contribution < -0.4 is 5.32 Å². The number of nitrogens with one attached hydrogen (secondary N) is 1. The van der Waals surface area contributed by atoms with Gasteiger partial charge in [-0.25, -0.2) is 12.8 Å². The van der Waals surface area contributed by atoms with Gasteiger partial charge in [-0.05, 0) is 30.7 Å². The summed E-state index contributed by atoms with van der Waals surface area (Å²) in [4.78, 5) is 15.1. The SMILES string of the molecule is CCN(CC)S(=O)(=O)c1ccc(F)c(C(=O)NCC(c2ccc(C)cc2)N2CCOCC2)c1. The number of amides is 1. The molecule has 1 atom stereocenters. The summed E-state index contributed by atoms with van der Waals surface area (Å²) in [5.41, 5.74) is 1.89. The first kappa shape index (κ1) is 25.3. The lowest BCUT2D eigenvalue weighted by molar-refractivity contribution is 0.0162. The molecule has 3 rings (SSSR count). The van der Waals surface area contributed by atoms with E-state index in [1.165, 1.54) is 10.4 Å². The fourth-order valence-electron chi connectivity index (χ4n) is 3.97. The number of ether oxygens (including phenoxy) is 1. The van der Waals surface area contributed by atoms with E-state index in [1.54, 1.807) is 13.8 Å². The first-order chi connectivity index (χ1) is 15.8. The summed E-state index contributed by atoms with van der Waals surface area (Å²) in [5, 5.41) is 2.82. The van der Waals surface area contributed by atoms with Crippen molar-refractivity contribution < 1.29 is 22.3 Å². The molecule has 1 aliphatic rings. The molecule has 2 aromatic rings. The van der Waals surface area contributed by atoms with Crippen LogP contribution >= 0.6 is 0 Å². The van der Waals surface area contributed by atoms with E-state index in [-0.39, 0.29) is 36.1 Å². The second-order valence-electron chi connectivity index (χ2n) is 8.02. The number of hydrogen-bond acceptors (Lipinski definition) is 5. The van der Waals surface area contributed by atoms with Gasteiger partial charge in [0.2, 0.25) is 10.0 Å². The van der Waals surface area contributed by atoms with Crippen molar-refractivity contribution in [2.24, 2.45) is 0 Å². The molecule has 9 heteroatoms. The monoisotopic (exact) mass is 477 g/mol. The van der Waals surface area contributed by atoms with Gasteiger partial charge in [-0.3, -0.25) is 9.69 Å². The topological polar surface area (TPSA) is 79.0 Å². The van der Waals surface area contributed by atoms with Crippen LogP contribution in [-0.2, 0) is 14.8 Å². The Balaban J connectivity index is 1.82. The highest BCUT2D eigenvalue weighted by molar-refractivity contribution is 7.89. The highest BCUT2D eigenvalue weighted by Gasteiger charge is 2.26. The van der Waals surface area contributed by atoms with Gasteiger partial charge < -0.3 is 10.1 Å². The van der Waals surface area contributed by atoms with E-state index in [0.29, 0.717) is 13.2 Å². The predicted octanol–water partition coefficient (Wildman–Crippen LogP) is 2.97. The zero-order valence-electron chi connectivity index (χ0n) is 19.4. The van der Waals surface area contributed by atoms with Crippen LogP contribution in [0.15, 0.2) is 47.4 Å². The Morgan fingerprint density at radius 3 is 2.36 bits per heavy atom. The lowest BCUT2D eigenvalue weighted by Gasteiger charge is -2.35. The molecule has 1 N–H and O–H groups in total. The van der Waals surface area contributed by atoms with Gasteiger partial charge in [0.05, 0.1) is 29.7 Å². The van der Waals surface area contributed by atoms with E-state index in [0.717, 1.165) is 36.3 Å². The number of morpholine rings is 1. The van der Waals surface area contributed by atoms with Crippen molar-refractivity contribution in [1.82, 2.24) is 14.5 Å². The third-order valence-corrected chi connectivity index (χ3v) is 7.98. The number of rotatable bonds is 9. The van der Waals surface area contributed by atoms with Crippen LogP contribution in [0.3, 0.4) is 0 Å². The molecule has 180 valence electrons. The van der Waals surface area contributed by atoms with E-state index < -0.39 is 21.7 Å². The minimum absolute atomic E-state index is 0.0963. The Morgan fingerprint density at radius 2 is 1.76 bits per heavy atom. The minimum Gasteiger partial charge on any atom is -0.379 e. The number of sulfonamides is 1. The summed E-state index contributed by atoms with van der Waals surface area (Å²) < 4.78 is 46.9. The van der Waals surface area contributed by atoms with Gasteiger partial charge in [0.25, 0.3) is 5.91 Å². The van der Waals surface area contributed by atoms with Crippen LogP contribution in [0.1, 0.15) is 41.4 Å². The summed E-state index contributed by atoms with van der Waals surface area (Å²) in [5.74, 6) is -1.40. The molecular weight excluding hydrogens is 445 g/mol. The Hall–Kier alpha value is -2.33. The lowest BCUT2D eigenvalue weighted by atomic mass is 10.0. The molecule has 1 aliphatic heterocycles. The van der Waals surface area contributed by atoms with E-state index >= 15 is 0 Å². The van der Waals surface area contributed by atoms with Crippen LogP contribution in [0.4, 0.5) is 4.39 Å². The number of benzene rings is 2. The summed E-state index contributed by atoms with van der Waals surface area (Å²) >= 11 is 0. The molecule has 1 unspecified atom stereocenters. The number of halogens is 1. The van der Waals surface area contributed by atoms with Crippen molar-refractivity contribution in [3.8, 4) is 0 Å². The molecule has 1 fully saturated rings. The maximum atomic E-state index is 14.5. The molecule has 0 aliphatic carbocycles. The van der Waals surface area contributed by atoms with Gasteiger partial charge in [-0.1, -0.05) is 43.7 Å². The largest absolute Gasteiger partial charge is 0.379 e. The van der Waals surface area contributed by atoms with E-state index in [9.17, 15) is 17.6 Å². The number of aryl methyl sites for hydroxylation is 1. The second kappa shape index (κ2) is 11.2. The third-order valence-electron chi connectivity index (χ3n) is 5.93. The van der Waals surface area contributed by atoms with E-state index in [4.69, 9.17) is 4.74 Å². The Kier molecular flexibility index (Phi) is 8.58. The molecular formula is C24H32FN3O4S. The fourth-order valence-corrected chi connectivity index (χ4v) is 5.46. The van der Waals surface area contributed by atoms with Crippen LogP contribution in [0, 0.1) is 12.7 Å². The van der Waals surface area contributed by atoms with Crippen molar-refractivity contribution >= 4 is 15.9 Å². The molecule has 7 nitrogen and oxygen atoms in total. The molecule has 0 spiro atoms. The number of carbonyl (C=O) groups is 1. The zero-order chi connectivity index (χ0) is 24.0. The Morgan fingerprint density at radius 1 is 1.12 bits per heavy atom. The lowest BCUT2D eigenvalue weighted by Crippen LogP contribution is -2.44. The van der Waals surface area contributed by atoms with Crippen molar-refractivity contribution in [1.29, 1.82) is 0 Å². The van der Waals surface area contributed by atoms with Crippen LogP contribution in [0.5, 0.6) is 0 Å². The van der Waals surface area contributed by atoms with E-state index in [1.807, 2.05) is 31.2 Å². The first-order valence-corrected chi connectivity index (χ1v) is 12.7. The Bertz CT molecular complexity index is 1050. The minimum atomic E-state index is -3.80. The second-order valence-corrected chi connectivity index (χ2v) is 9.95. The molecule has 33 heavy (non-hydrogen) atoms. The quantitative estimate of drug-likeness (QED) is 0.601. The van der Waals surface area contributed by atoms with Crippen LogP contribution in [0.25, 0.3) is 0 Å². The number of hydrogen-bond donors (Lipinski definition) is 1. The smallest absolute Gasteiger partial charge is 0.254 e. The van der Waals surface area contributed by atoms with Crippen LogP contribution in [0.2, 0.25) is 0 Å². The van der Waals surface area contributed by atoms with Crippen LogP contribution in [-0.4, -0.2) is 69.5 Å². The summed E-state index contributed by atoms with van der Waals surface area (Å²) in [6.45, 7) is 8.97. The average Bonchev–Trinajstić information content (AvgIpc) is 2.81. The highest BCUT2D eigenvalue weighted by atomic mass is 32.2. The third kappa shape index (κ3) is 5.97. The molecule has 1 heterocycles. The summed E-state index contributed by atoms with van der Waals surface area (Å²) in [6, 6.07) is 11.3. The van der Waals surface area contributed by atoms with Gasteiger partial charge in [0.15, 0.2) is 0 Å². The van der Waals surface area contributed by atoms with Gasteiger partial charge in [0.1, 0.15) is 5.82 Å². The number of carbonyl (C=O) groups excluding carboxylic acids is 1. The van der Waals surface area contributed by atoms with Crippen molar-refractivity contribution in [3.63, 3.8) is 0 Å². The average molecular weight is 478 g/mol. The summed E-state index contributed by atoms with van der Waals surface area (Å²) in [6.07, 6.45) is 0. The standard InChI is InChI=1S/C24H32FN3O4S/c1-4-28(5-2)33(30,31)20-10-11-22(25)21(16-20)24(29)26-17-23(27-12-14-32-15-13-27)19-8-6-18(3)7-9-19/h6-11,16,23H,4-5,12-15,17H2,1-3H3,(H,26,29).